The Morgan fingerprint density at radius 2 is 1.77 bits per heavy atom. The SMILES string of the molecule is O=C(CCCCCCCCC#Cc1cccc2c1CN(C1CCC(=O)NC1=O)C2=O)NCCS(=O)(=O)N1CCC(Nc2ncc(Br)c(Nc3cccc4c3OCC4)n2)CC1. The number of hydrogen-bond donors (Lipinski definition) is 4. The zero-order valence-corrected chi connectivity index (χ0v) is 36.0. The lowest BCUT2D eigenvalue weighted by molar-refractivity contribution is -0.137. The van der Waals surface area contributed by atoms with Crippen molar-refractivity contribution < 1.29 is 32.3 Å². The van der Waals surface area contributed by atoms with E-state index in [2.05, 4.69) is 65.1 Å². The molecular weight excluding hydrogens is 852 g/mol. The second-order valence-electron chi connectivity index (χ2n) is 15.5. The molecule has 0 radical (unpaired) electrons. The lowest BCUT2D eigenvalue weighted by Crippen LogP contribution is -2.52. The van der Waals surface area contributed by atoms with E-state index < -0.39 is 22.0 Å². The summed E-state index contributed by atoms with van der Waals surface area (Å²) in [4.78, 5) is 60.0. The van der Waals surface area contributed by atoms with Crippen LogP contribution in [0.25, 0.3) is 0 Å². The fraction of sp³-hybridized carbons (Fsp3) is 0.488. The normalized spacial score (nSPS) is 17.9. The number of unbranched alkanes of at least 4 members (excludes halogenated alkanes) is 6. The molecule has 4 amide bonds. The van der Waals surface area contributed by atoms with Gasteiger partial charge in [0.25, 0.3) is 5.91 Å². The molecule has 318 valence electrons. The molecule has 3 aromatic rings. The summed E-state index contributed by atoms with van der Waals surface area (Å²) in [5.41, 5.74) is 4.17. The molecule has 0 bridgehead atoms. The van der Waals surface area contributed by atoms with Crippen molar-refractivity contribution in [3.8, 4) is 17.6 Å². The second-order valence-corrected chi connectivity index (χ2v) is 18.5. The highest BCUT2D eigenvalue weighted by molar-refractivity contribution is 9.10. The number of sulfonamides is 1. The molecule has 17 heteroatoms. The van der Waals surface area contributed by atoms with E-state index in [4.69, 9.17) is 4.74 Å². The summed E-state index contributed by atoms with van der Waals surface area (Å²) in [6.45, 7) is 1.79. The van der Waals surface area contributed by atoms with Gasteiger partial charge in [0.05, 0.1) is 22.5 Å². The van der Waals surface area contributed by atoms with Crippen molar-refractivity contribution in [1.29, 1.82) is 0 Å². The van der Waals surface area contributed by atoms with Crippen molar-refractivity contribution in [2.45, 2.75) is 102 Å². The number of hydrogen-bond acceptors (Lipinski definition) is 11. The summed E-state index contributed by atoms with van der Waals surface area (Å²) in [6.07, 6.45) is 11.1. The van der Waals surface area contributed by atoms with Crippen LogP contribution in [0, 0.1) is 11.8 Å². The van der Waals surface area contributed by atoms with Gasteiger partial charge in [-0.05, 0) is 77.4 Å². The Bertz CT molecular complexity index is 2270. The summed E-state index contributed by atoms with van der Waals surface area (Å²) in [7, 11) is -3.52. The number of carbonyl (C=O) groups excluding carboxylic acids is 4. The maximum Gasteiger partial charge on any atom is 0.255 e. The van der Waals surface area contributed by atoms with Gasteiger partial charge >= 0.3 is 0 Å². The number of ether oxygens (including phenoxy) is 1. The van der Waals surface area contributed by atoms with Crippen LogP contribution in [0.1, 0.15) is 104 Å². The Balaban J connectivity index is 0.733. The van der Waals surface area contributed by atoms with Crippen LogP contribution in [0.3, 0.4) is 0 Å². The standard InChI is InChI=1S/C43H51BrN8O7S/c44-34-27-46-43(50-40(34)48-35-15-10-13-30-21-25-59-39(30)35)47-31-19-23-51(24-20-31)60(57,58)26-22-45-37(53)16-8-6-4-2-1-3-5-7-11-29-12-9-14-32-33(29)28-52(42(32)56)36-17-18-38(54)49-41(36)55/h9-10,12-15,27,31,36H,1-6,8,16-26,28H2,(H,45,53)(H,49,54,55)(H2,46,47,48,50). The number of halogens is 1. The smallest absolute Gasteiger partial charge is 0.255 e. The number of piperidine rings is 2. The van der Waals surface area contributed by atoms with Crippen molar-refractivity contribution in [3.63, 3.8) is 0 Å². The summed E-state index contributed by atoms with van der Waals surface area (Å²) in [5.74, 6) is 7.14. The lowest BCUT2D eigenvalue weighted by atomic mass is 10.0. The van der Waals surface area contributed by atoms with Crippen molar-refractivity contribution >= 4 is 67.0 Å². The highest BCUT2D eigenvalue weighted by atomic mass is 79.9. The first-order valence-corrected chi connectivity index (χ1v) is 23.3. The molecule has 0 spiro atoms. The summed E-state index contributed by atoms with van der Waals surface area (Å²) < 4.78 is 34.2. The predicted octanol–water partition coefficient (Wildman–Crippen LogP) is 5.17. The third-order valence-electron chi connectivity index (χ3n) is 11.3. The molecule has 7 rings (SSSR count). The fourth-order valence-corrected chi connectivity index (χ4v) is 9.71. The van der Waals surface area contributed by atoms with Crippen LogP contribution in [0.2, 0.25) is 0 Å². The number of amides is 4. The third kappa shape index (κ3) is 10.8. The maximum atomic E-state index is 13.1. The molecule has 4 aliphatic heterocycles. The zero-order chi connectivity index (χ0) is 42.1. The Labute approximate surface area is 359 Å². The number of imide groups is 1. The van der Waals surface area contributed by atoms with Gasteiger partial charge in [-0.3, -0.25) is 24.5 Å². The minimum absolute atomic E-state index is 0.0148. The van der Waals surface area contributed by atoms with Crippen molar-refractivity contribution in [1.82, 2.24) is 29.8 Å². The number of nitrogens with one attached hydrogen (secondary N) is 4. The molecule has 2 saturated heterocycles. The Morgan fingerprint density at radius 3 is 2.58 bits per heavy atom. The second kappa shape index (κ2) is 20.0. The molecule has 0 saturated carbocycles. The first-order chi connectivity index (χ1) is 29.1. The van der Waals surface area contributed by atoms with Crippen LogP contribution in [0.15, 0.2) is 47.1 Å². The number of fused-ring (bicyclic) bond motifs is 2. The molecule has 0 aliphatic carbocycles. The van der Waals surface area contributed by atoms with Gasteiger partial charge in [0.1, 0.15) is 17.6 Å². The molecular formula is C43H51BrN8O7S. The lowest BCUT2D eigenvalue weighted by Gasteiger charge is -2.31. The average Bonchev–Trinajstić information content (AvgIpc) is 3.85. The third-order valence-corrected chi connectivity index (χ3v) is 13.8. The van der Waals surface area contributed by atoms with Gasteiger partial charge in [0, 0.05) is 75.2 Å². The minimum atomic E-state index is -3.52. The average molecular weight is 904 g/mol. The monoisotopic (exact) mass is 902 g/mol. The fourth-order valence-electron chi connectivity index (χ4n) is 8.03. The van der Waals surface area contributed by atoms with Crippen molar-refractivity contribution in [2.24, 2.45) is 0 Å². The highest BCUT2D eigenvalue weighted by Gasteiger charge is 2.39. The zero-order valence-electron chi connectivity index (χ0n) is 33.6. The van der Waals surface area contributed by atoms with Crippen LogP contribution < -0.4 is 26.0 Å². The number of anilines is 3. The van der Waals surface area contributed by atoms with Gasteiger partial charge < -0.3 is 25.6 Å². The molecule has 15 nitrogen and oxygen atoms in total. The molecule has 1 aromatic heterocycles. The first kappa shape index (κ1) is 43.1. The molecule has 5 heterocycles. The summed E-state index contributed by atoms with van der Waals surface area (Å²) >= 11 is 3.53. The number of nitrogens with zero attached hydrogens (tertiary/aromatic N) is 4. The number of rotatable bonds is 17. The number of para-hydroxylation sites is 1. The van der Waals surface area contributed by atoms with E-state index in [1.54, 1.807) is 17.2 Å². The van der Waals surface area contributed by atoms with E-state index >= 15 is 0 Å². The van der Waals surface area contributed by atoms with Crippen LogP contribution in [-0.2, 0) is 37.4 Å². The molecule has 1 unspecified atom stereocenters. The minimum Gasteiger partial charge on any atom is -0.491 e. The summed E-state index contributed by atoms with van der Waals surface area (Å²) in [5, 5.41) is 11.8. The van der Waals surface area contributed by atoms with E-state index in [1.165, 1.54) is 4.31 Å². The predicted molar refractivity (Wildman–Crippen MR) is 230 cm³/mol. The van der Waals surface area contributed by atoms with Crippen LogP contribution in [0.4, 0.5) is 17.5 Å². The quantitative estimate of drug-likeness (QED) is 0.0794. The van der Waals surface area contributed by atoms with E-state index in [9.17, 15) is 27.6 Å². The van der Waals surface area contributed by atoms with Crippen molar-refractivity contribution in [3.05, 3.63) is 69.3 Å². The topological polar surface area (TPSA) is 192 Å². The largest absolute Gasteiger partial charge is 0.491 e. The van der Waals surface area contributed by atoms with Crippen LogP contribution >= 0.6 is 15.9 Å². The Kier molecular flexibility index (Phi) is 14.4. The summed E-state index contributed by atoms with van der Waals surface area (Å²) in [6, 6.07) is 10.8. The molecule has 2 fully saturated rings. The van der Waals surface area contributed by atoms with Gasteiger partial charge in [-0.15, -0.1) is 0 Å². The Morgan fingerprint density at radius 1 is 0.983 bits per heavy atom. The molecule has 4 N–H and O–H groups in total. The van der Waals surface area contributed by atoms with E-state index in [-0.39, 0.29) is 42.5 Å². The van der Waals surface area contributed by atoms with E-state index in [0.29, 0.717) is 73.7 Å². The molecule has 2 aromatic carbocycles. The number of benzene rings is 2. The van der Waals surface area contributed by atoms with E-state index in [1.807, 2.05) is 24.3 Å². The maximum absolute atomic E-state index is 13.1. The first-order valence-electron chi connectivity index (χ1n) is 20.9. The molecule has 1 atom stereocenters. The number of carbonyl (C=O) groups is 4. The van der Waals surface area contributed by atoms with E-state index in [0.717, 1.165) is 79.5 Å². The van der Waals surface area contributed by atoms with Crippen molar-refractivity contribution in [2.75, 3.05) is 42.6 Å². The number of aromatic nitrogens is 2. The van der Waals surface area contributed by atoms with Gasteiger partial charge in [0.15, 0.2) is 0 Å². The highest BCUT2D eigenvalue weighted by Crippen LogP contribution is 2.36. The van der Waals surface area contributed by atoms with Crippen LogP contribution in [0.5, 0.6) is 5.75 Å². The molecule has 60 heavy (non-hydrogen) atoms. The Hall–Kier alpha value is -5.05. The molecule has 4 aliphatic rings. The van der Waals surface area contributed by atoms with Gasteiger partial charge in [-0.1, -0.05) is 55.7 Å². The van der Waals surface area contributed by atoms with Gasteiger partial charge in [-0.25, -0.2) is 17.7 Å². The van der Waals surface area contributed by atoms with Gasteiger partial charge in [0.2, 0.25) is 33.7 Å². The van der Waals surface area contributed by atoms with Gasteiger partial charge in [-0.2, -0.15) is 4.98 Å². The van der Waals surface area contributed by atoms with Crippen LogP contribution in [-0.4, -0.2) is 95.3 Å².